The second kappa shape index (κ2) is 7.44. The molecule has 0 spiro atoms. The minimum atomic E-state index is 0.672. The average Bonchev–Trinajstić information content (AvgIpc) is 2.89. The lowest BCUT2D eigenvalue weighted by Crippen LogP contribution is -2.40. The third-order valence-corrected chi connectivity index (χ3v) is 4.88. The first-order valence-corrected chi connectivity index (χ1v) is 8.19. The maximum Gasteiger partial charge on any atom is 0.0870 e. The Kier molecular flexibility index (Phi) is 5.90. The van der Waals surface area contributed by atoms with Gasteiger partial charge in [-0.1, -0.05) is 57.2 Å². The smallest absolute Gasteiger partial charge is 0.0870 e. The Bertz CT molecular complexity index is 255. The summed E-state index contributed by atoms with van der Waals surface area (Å²) in [6.07, 6.45) is 14.1. The Balaban J connectivity index is 1.78. The van der Waals surface area contributed by atoms with Gasteiger partial charge in [0.15, 0.2) is 0 Å². The highest BCUT2D eigenvalue weighted by atomic mass is 32.1. The summed E-state index contributed by atoms with van der Waals surface area (Å²) >= 11 is 5.11. The second-order valence-electron chi connectivity index (χ2n) is 6.17. The molecule has 0 saturated heterocycles. The third kappa shape index (κ3) is 4.51. The van der Waals surface area contributed by atoms with Crippen molar-refractivity contribution in [3.8, 4) is 0 Å². The summed E-state index contributed by atoms with van der Waals surface area (Å²) < 4.78 is 0. The fraction of sp³-hybridized carbons (Fsp3) is 0.933. The van der Waals surface area contributed by atoms with E-state index in [1.165, 1.54) is 70.8 Å². The van der Waals surface area contributed by atoms with Crippen molar-refractivity contribution < 1.29 is 0 Å². The van der Waals surface area contributed by atoms with Gasteiger partial charge in [0, 0.05) is 12.6 Å². The zero-order valence-corrected chi connectivity index (χ0v) is 12.4. The van der Waals surface area contributed by atoms with E-state index in [1.54, 1.807) is 0 Å². The molecule has 0 aromatic carbocycles. The van der Waals surface area contributed by atoms with Gasteiger partial charge in [-0.3, -0.25) is 4.90 Å². The first-order chi connectivity index (χ1) is 8.75. The van der Waals surface area contributed by atoms with Crippen LogP contribution in [0.15, 0.2) is 0 Å². The van der Waals surface area contributed by atoms with Gasteiger partial charge in [0.25, 0.3) is 0 Å². The summed E-state index contributed by atoms with van der Waals surface area (Å²) in [4.78, 5) is 3.25. The normalized spacial score (nSPS) is 22.7. The van der Waals surface area contributed by atoms with Crippen LogP contribution in [0.2, 0.25) is 0 Å². The SMILES string of the molecule is NC(=S)CN(CCC1CCCCC1)C1CCCC1. The lowest BCUT2D eigenvalue weighted by molar-refractivity contribution is 0.198. The molecule has 0 atom stereocenters. The van der Waals surface area contributed by atoms with Gasteiger partial charge in [-0.15, -0.1) is 0 Å². The predicted molar refractivity (Wildman–Crippen MR) is 81.8 cm³/mol. The molecular weight excluding hydrogens is 240 g/mol. The van der Waals surface area contributed by atoms with Crippen molar-refractivity contribution in [3.05, 3.63) is 0 Å². The molecule has 18 heavy (non-hydrogen) atoms. The molecule has 104 valence electrons. The van der Waals surface area contributed by atoms with Gasteiger partial charge in [-0.05, 0) is 31.7 Å². The Morgan fingerprint density at radius 2 is 1.61 bits per heavy atom. The van der Waals surface area contributed by atoms with Crippen LogP contribution in [-0.4, -0.2) is 29.0 Å². The van der Waals surface area contributed by atoms with Gasteiger partial charge in [-0.2, -0.15) is 0 Å². The topological polar surface area (TPSA) is 29.3 Å². The molecule has 0 aliphatic heterocycles. The molecule has 2 rings (SSSR count). The van der Waals surface area contributed by atoms with Crippen LogP contribution in [0.4, 0.5) is 0 Å². The van der Waals surface area contributed by atoms with E-state index in [4.69, 9.17) is 18.0 Å². The fourth-order valence-corrected chi connectivity index (χ4v) is 3.85. The zero-order valence-electron chi connectivity index (χ0n) is 11.6. The summed E-state index contributed by atoms with van der Waals surface area (Å²) in [5.74, 6) is 0.967. The molecule has 0 aromatic rings. The van der Waals surface area contributed by atoms with E-state index in [2.05, 4.69) is 4.90 Å². The molecule has 0 aromatic heterocycles. The number of nitrogens with two attached hydrogens (primary N) is 1. The maximum absolute atomic E-state index is 5.76. The summed E-state index contributed by atoms with van der Waals surface area (Å²) in [6.45, 7) is 2.05. The van der Waals surface area contributed by atoms with E-state index in [1.807, 2.05) is 0 Å². The van der Waals surface area contributed by atoms with Gasteiger partial charge < -0.3 is 5.73 Å². The fourth-order valence-electron chi connectivity index (χ4n) is 3.68. The van der Waals surface area contributed by atoms with E-state index in [-0.39, 0.29) is 0 Å². The molecule has 0 bridgehead atoms. The molecule has 2 aliphatic rings. The number of rotatable bonds is 6. The molecule has 0 radical (unpaired) electrons. The highest BCUT2D eigenvalue weighted by Gasteiger charge is 2.24. The van der Waals surface area contributed by atoms with Crippen LogP contribution in [0.5, 0.6) is 0 Å². The molecule has 2 saturated carbocycles. The van der Waals surface area contributed by atoms with Gasteiger partial charge in [0.2, 0.25) is 0 Å². The number of hydrogen-bond acceptors (Lipinski definition) is 2. The maximum atomic E-state index is 5.76. The van der Waals surface area contributed by atoms with Crippen LogP contribution < -0.4 is 5.73 Å². The van der Waals surface area contributed by atoms with Crippen LogP contribution in [0.3, 0.4) is 0 Å². The predicted octanol–water partition coefficient (Wildman–Crippen LogP) is 3.49. The lowest BCUT2D eigenvalue weighted by Gasteiger charge is -2.31. The standard InChI is InChI=1S/C15H28N2S/c16-15(18)12-17(14-8-4-5-9-14)11-10-13-6-2-1-3-7-13/h13-14H,1-12H2,(H2,16,18). The Hall–Kier alpha value is -0.150. The summed E-state index contributed by atoms with van der Waals surface area (Å²) in [6, 6.07) is 0.759. The van der Waals surface area contributed by atoms with Crippen LogP contribution in [-0.2, 0) is 0 Å². The number of hydrogen-bond donors (Lipinski definition) is 1. The van der Waals surface area contributed by atoms with Gasteiger partial charge in [0.1, 0.15) is 0 Å². The lowest BCUT2D eigenvalue weighted by atomic mass is 9.87. The number of thiocarbonyl (C=S) groups is 1. The number of nitrogens with zero attached hydrogens (tertiary/aromatic N) is 1. The van der Waals surface area contributed by atoms with Crippen molar-refractivity contribution in [1.29, 1.82) is 0 Å². The van der Waals surface area contributed by atoms with Crippen molar-refractivity contribution in [2.75, 3.05) is 13.1 Å². The summed E-state index contributed by atoms with van der Waals surface area (Å²) in [7, 11) is 0. The Morgan fingerprint density at radius 1 is 1.00 bits per heavy atom. The Morgan fingerprint density at radius 3 is 2.22 bits per heavy atom. The third-order valence-electron chi connectivity index (χ3n) is 4.75. The van der Waals surface area contributed by atoms with Crippen molar-refractivity contribution in [2.45, 2.75) is 70.3 Å². The van der Waals surface area contributed by atoms with E-state index in [0.717, 1.165) is 18.5 Å². The quantitative estimate of drug-likeness (QED) is 0.748. The molecule has 0 heterocycles. The molecular formula is C15H28N2S. The summed E-state index contributed by atoms with van der Waals surface area (Å²) in [5.41, 5.74) is 5.76. The van der Waals surface area contributed by atoms with Crippen LogP contribution in [0, 0.1) is 5.92 Å². The highest BCUT2D eigenvalue weighted by molar-refractivity contribution is 7.80. The molecule has 2 aliphatic carbocycles. The largest absolute Gasteiger partial charge is 0.392 e. The van der Waals surface area contributed by atoms with Crippen molar-refractivity contribution in [1.82, 2.24) is 4.90 Å². The first-order valence-electron chi connectivity index (χ1n) is 7.78. The van der Waals surface area contributed by atoms with Crippen LogP contribution in [0.1, 0.15) is 64.2 Å². The minimum absolute atomic E-state index is 0.672. The molecule has 3 heteroatoms. The van der Waals surface area contributed by atoms with Crippen molar-refractivity contribution >= 4 is 17.2 Å². The first kappa shape index (κ1) is 14.3. The summed E-state index contributed by atoms with van der Waals surface area (Å²) in [5, 5.41) is 0. The molecule has 2 nitrogen and oxygen atoms in total. The molecule has 2 fully saturated rings. The Labute approximate surface area is 117 Å². The average molecular weight is 268 g/mol. The highest BCUT2D eigenvalue weighted by Crippen LogP contribution is 2.28. The van der Waals surface area contributed by atoms with Crippen molar-refractivity contribution in [3.63, 3.8) is 0 Å². The van der Waals surface area contributed by atoms with E-state index in [0.29, 0.717) is 4.99 Å². The van der Waals surface area contributed by atoms with Gasteiger partial charge >= 0.3 is 0 Å². The van der Waals surface area contributed by atoms with Crippen LogP contribution in [0.25, 0.3) is 0 Å². The zero-order chi connectivity index (χ0) is 12.8. The minimum Gasteiger partial charge on any atom is -0.392 e. The molecule has 2 N–H and O–H groups in total. The van der Waals surface area contributed by atoms with Crippen LogP contribution >= 0.6 is 12.2 Å². The van der Waals surface area contributed by atoms with Crippen molar-refractivity contribution in [2.24, 2.45) is 11.7 Å². The van der Waals surface area contributed by atoms with E-state index >= 15 is 0 Å². The van der Waals surface area contributed by atoms with E-state index < -0.39 is 0 Å². The van der Waals surface area contributed by atoms with Gasteiger partial charge in [0.05, 0.1) is 4.99 Å². The van der Waals surface area contributed by atoms with Gasteiger partial charge in [-0.25, -0.2) is 0 Å². The second-order valence-corrected chi connectivity index (χ2v) is 6.69. The molecule has 0 unspecified atom stereocenters. The monoisotopic (exact) mass is 268 g/mol. The van der Waals surface area contributed by atoms with E-state index in [9.17, 15) is 0 Å². The molecule has 0 amide bonds.